The van der Waals surface area contributed by atoms with Crippen molar-refractivity contribution in [2.24, 2.45) is 0 Å². The first kappa shape index (κ1) is 11.0. The Bertz CT molecular complexity index is 472. The van der Waals surface area contributed by atoms with Crippen molar-refractivity contribution in [3.8, 4) is 0 Å². The Morgan fingerprint density at radius 2 is 2.31 bits per heavy atom. The molecular weight excluding hydrogens is 231 g/mol. The molecule has 1 unspecified atom stereocenters. The van der Waals surface area contributed by atoms with E-state index in [-0.39, 0.29) is 11.9 Å². The van der Waals surface area contributed by atoms with Gasteiger partial charge in [0.25, 0.3) is 0 Å². The molecule has 2 N–H and O–H groups in total. The van der Waals surface area contributed by atoms with Gasteiger partial charge in [-0.2, -0.15) is 15.4 Å². The molecule has 16 heavy (non-hydrogen) atoms. The lowest BCUT2D eigenvalue weighted by atomic mass is 10.0. The normalized spacial score (nSPS) is 12.7. The molecule has 0 fully saturated rings. The van der Waals surface area contributed by atoms with Crippen molar-refractivity contribution in [2.75, 3.05) is 7.05 Å². The average molecular weight is 241 g/mol. The maximum atomic E-state index is 13.7. The Morgan fingerprint density at radius 1 is 1.50 bits per heavy atom. The zero-order chi connectivity index (χ0) is 11.5. The first-order valence-corrected chi connectivity index (χ1v) is 5.08. The van der Waals surface area contributed by atoms with Crippen LogP contribution < -0.4 is 5.32 Å². The second-order valence-corrected chi connectivity index (χ2v) is 3.72. The number of nitrogens with zero attached hydrogens (tertiary/aromatic N) is 2. The molecule has 0 bridgehead atoms. The molecular formula is C10H10ClFN4. The zero-order valence-corrected chi connectivity index (χ0v) is 9.29. The van der Waals surface area contributed by atoms with Gasteiger partial charge in [0, 0.05) is 10.6 Å². The molecule has 6 heteroatoms. The van der Waals surface area contributed by atoms with E-state index in [1.807, 2.05) is 0 Å². The molecule has 84 valence electrons. The Morgan fingerprint density at radius 3 is 2.88 bits per heavy atom. The van der Waals surface area contributed by atoms with Crippen molar-refractivity contribution < 1.29 is 4.39 Å². The molecule has 0 aliphatic heterocycles. The molecule has 0 amide bonds. The Kier molecular flexibility index (Phi) is 3.17. The van der Waals surface area contributed by atoms with Crippen LogP contribution in [0.1, 0.15) is 17.3 Å². The third-order valence-corrected chi connectivity index (χ3v) is 2.53. The van der Waals surface area contributed by atoms with Crippen molar-refractivity contribution in [2.45, 2.75) is 6.04 Å². The number of benzene rings is 1. The highest BCUT2D eigenvalue weighted by atomic mass is 35.5. The van der Waals surface area contributed by atoms with E-state index in [1.165, 1.54) is 6.07 Å². The minimum absolute atomic E-state index is 0.337. The molecule has 1 heterocycles. The van der Waals surface area contributed by atoms with Gasteiger partial charge >= 0.3 is 0 Å². The summed E-state index contributed by atoms with van der Waals surface area (Å²) in [5.41, 5.74) is 1.12. The molecule has 0 radical (unpaired) electrons. The topological polar surface area (TPSA) is 53.6 Å². The van der Waals surface area contributed by atoms with Crippen molar-refractivity contribution >= 4 is 11.6 Å². The number of aromatic amines is 1. The minimum atomic E-state index is -0.366. The van der Waals surface area contributed by atoms with Crippen molar-refractivity contribution in [3.05, 3.63) is 46.5 Å². The molecule has 0 spiro atoms. The van der Waals surface area contributed by atoms with E-state index in [9.17, 15) is 4.39 Å². The Balaban J connectivity index is 2.41. The van der Waals surface area contributed by atoms with Crippen LogP contribution >= 0.6 is 11.6 Å². The van der Waals surface area contributed by atoms with Crippen LogP contribution in [0.2, 0.25) is 5.02 Å². The van der Waals surface area contributed by atoms with E-state index in [0.717, 1.165) is 0 Å². The number of hydrogen-bond acceptors (Lipinski definition) is 3. The van der Waals surface area contributed by atoms with Gasteiger partial charge in [0.2, 0.25) is 0 Å². The third kappa shape index (κ3) is 2.05. The molecule has 0 saturated heterocycles. The zero-order valence-electron chi connectivity index (χ0n) is 8.54. The van der Waals surface area contributed by atoms with Gasteiger partial charge in [-0.15, -0.1) is 0 Å². The first-order valence-electron chi connectivity index (χ1n) is 4.70. The van der Waals surface area contributed by atoms with Crippen LogP contribution in [0, 0.1) is 5.82 Å². The third-order valence-electron chi connectivity index (χ3n) is 2.29. The number of hydrogen-bond donors (Lipinski definition) is 2. The minimum Gasteiger partial charge on any atom is -0.308 e. The summed E-state index contributed by atoms with van der Waals surface area (Å²) in [6, 6.07) is 4.22. The maximum absolute atomic E-state index is 13.7. The van der Waals surface area contributed by atoms with Gasteiger partial charge in [-0.25, -0.2) is 4.39 Å². The van der Waals surface area contributed by atoms with Crippen LogP contribution in [-0.4, -0.2) is 22.5 Å². The van der Waals surface area contributed by atoms with Crippen LogP contribution in [0.3, 0.4) is 0 Å². The van der Waals surface area contributed by atoms with Gasteiger partial charge in [0.15, 0.2) is 0 Å². The molecule has 1 aromatic heterocycles. The van der Waals surface area contributed by atoms with Gasteiger partial charge in [-0.1, -0.05) is 17.7 Å². The van der Waals surface area contributed by atoms with Gasteiger partial charge in [0.1, 0.15) is 11.5 Å². The maximum Gasteiger partial charge on any atom is 0.129 e. The van der Waals surface area contributed by atoms with Crippen molar-refractivity contribution in [3.63, 3.8) is 0 Å². The fourth-order valence-corrected chi connectivity index (χ4v) is 1.71. The van der Waals surface area contributed by atoms with Gasteiger partial charge in [-0.05, 0) is 19.2 Å². The Hall–Kier alpha value is -1.46. The lowest BCUT2D eigenvalue weighted by Crippen LogP contribution is -2.19. The summed E-state index contributed by atoms with van der Waals surface area (Å²) >= 11 is 5.70. The lowest BCUT2D eigenvalue weighted by Gasteiger charge is -2.14. The standard InChI is InChI=1S/C10H10ClFN4/c1-13-10(9-5-14-16-15-9)7-3-2-6(11)4-8(7)12/h2-5,10,13H,1H3,(H,14,15,16). The average Bonchev–Trinajstić information content (AvgIpc) is 2.75. The highest BCUT2D eigenvalue weighted by molar-refractivity contribution is 6.30. The number of halogens is 2. The SMILES string of the molecule is CNC(c1cn[nH]n1)c1ccc(Cl)cc1F. The number of H-pyrrole nitrogens is 1. The molecule has 0 saturated carbocycles. The summed E-state index contributed by atoms with van der Waals surface area (Å²) in [4.78, 5) is 0. The number of rotatable bonds is 3. The summed E-state index contributed by atoms with van der Waals surface area (Å²) in [5, 5.41) is 13.5. The first-order chi connectivity index (χ1) is 7.72. The second-order valence-electron chi connectivity index (χ2n) is 3.28. The van der Waals surface area contributed by atoms with Crippen LogP contribution in [0.4, 0.5) is 4.39 Å². The highest BCUT2D eigenvalue weighted by Crippen LogP contribution is 2.24. The van der Waals surface area contributed by atoms with Gasteiger partial charge in [0.05, 0.1) is 12.2 Å². The summed E-state index contributed by atoms with van der Waals surface area (Å²) in [6.07, 6.45) is 1.55. The summed E-state index contributed by atoms with van der Waals surface area (Å²) in [7, 11) is 1.73. The number of aromatic nitrogens is 3. The number of nitrogens with one attached hydrogen (secondary N) is 2. The lowest BCUT2D eigenvalue weighted by molar-refractivity contribution is 0.570. The smallest absolute Gasteiger partial charge is 0.129 e. The molecule has 1 aromatic carbocycles. The van der Waals surface area contributed by atoms with Gasteiger partial charge < -0.3 is 5.32 Å². The predicted octanol–water partition coefficient (Wildman–Crippen LogP) is 1.91. The van der Waals surface area contributed by atoms with E-state index in [0.29, 0.717) is 16.3 Å². The fraction of sp³-hybridized carbons (Fsp3) is 0.200. The molecule has 0 aliphatic carbocycles. The Labute approximate surface area is 96.8 Å². The predicted molar refractivity (Wildman–Crippen MR) is 58.7 cm³/mol. The van der Waals surface area contributed by atoms with Crippen LogP contribution in [0.25, 0.3) is 0 Å². The molecule has 4 nitrogen and oxygen atoms in total. The monoisotopic (exact) mass is 240 g/mol. The fourth-order valence-electron chi connectivity index (χ4n) is 1.55. The molecule has 2 rings (SSSR count). The van der Waals surface area contributed by atoms with Crippen molar-refractivity contribution in [1.29, 1.82) is 0 Å². The quantitative estimate of drug-likeness (QED) is 0.862. The van der Waals surface area contributed by atoms with Crippen LogP contribution in [0.5, 0.6) is 0 Å². The second kappa shape index (κ2) is 4.59. The molecule has 0 aliphatic rings. The van der Waals surface area contributed by atoms with E-state index in [1.54, 1.807) is 25.4 Å². The summed E-state index contributed by atoms with van der Waals surface area (Å²) in [6.45, 7) is 0. The van der Waals surface area contributed by atoms with Gasteiger partial charge in [-0.3, -0.25) is 0 Å². The summed E-state index contributed by atoms with van der Waals surface area (Å²) in [5.74, 6) is -0.366. The van der Waals surface area contributed by atoms with E-state index in [4.69, 9.17) is 11.6 Å². The highest BCUT2D eigenvalue weighted by Gasteiger charge is 2.18. The summed E-state index contributed by atoms with van der Waals surface area (Å²) < 4.78 is 13.7. The van der Waals surface area contributed by atoms with Crippen LogP contribution in [-0.2, 0) is 0 Å². The largest absolute Gasteiger partial charge is 0.308 e. The van der Waals surface area contributed by atoms with E-state index in [2.05, 4.69) is 20.7 Å². The van der Waals surface area contributed by atoms with E-state index < -0.39 is 0 Å². The van der Waals surface area contributed by atoms with Crippen molar-refractivity contribution in [1.82, 2.24) is 20.7 Å². The van der Waals surface area contributed by atoms with E-state index >= 15 is 0 Å². The van der Waals surface area contributed by atoms with Crippen LogP contribution in [0.15, 0.2) is 24.4 Å². The molecule has 2 aromatic rings. The molecule has 1 atom stereocenters.